The van der Waals surface area contributed by atoms with Gasteiger partial charge in [0.15, 0.2) is 0 Å². The molecular formula is C14H18IN3O. The first-order valence-corrected chi connectivity index (χ1v) is 7.85. The number of fused-ring (bicyclic) bond motifs is 1. The van der Waals surface area contributed by atoms with Crippen molar-refractivity contribution in [1.82, 2.24) is 14.9 Å². The number of H-pyrrole nitrogens is 1. The van der Waals surface area contributed by atoms with E-state index in [1.54, 1.807) is 6.20 Å². The number of nitrogens with one attached hydrogen (secondary N) is 2. The summed E-state index contributed by atoms with van der Waals surface area (Å²) in [4.78, 5) is 14.9. The highest BCUT2D eigenvalue weighted by Crippen LogP contribution is 2.29. The zero-order valence-corrected chi connectivity index (χ0v) is 13.1. The molecule has 2 unspecified atom stereocenters. The Morgan fingerprint density at radius 3 is 3.11 bits per heavy atom. The highest BCUT2D eigenvalue weighted by atomic mass is 127. The lowest BCUT2D eigenvalue weighted by Gasteiger charge is -2.29. The molecule has 0 aromatic carbocycles. The van der Waals surface area contributed by atoms with Crippen molar-refractivity contribution >= 4 is 33.5 Å². The molecule has 4 nitrogen and oxygen atoms in total. The number of halogens is 1. The van der Waals surface area contributed by atoms with Crippen LogP contribution in [0.1, 0.15) is 25.8 Å². The van der Waals surface area contributed by atoms with Crippen LogP contribution in [0.4, 0.5) is 0 Å². The number of hydrogen-bond acceptors (Lipinski definition) is 2. The van der Waals surface area contributed by atoms with Gasteiger partial charge in [-0.3, -0.25) is 4.79 Å². The number of hydrogen-bond donors (Lipinski definition) is 2. The average molecular weight is 371 g/mol. The molecule has 0 spiro atoms. The molecule has 0 aliphatic carbocycles. The van der Waals surface area contributed by atoms with Gasteiger partial charge in [0, 0.05) is 27.4 Å². The van der Waals surface area contributed by atoms with E-state index in [4.69, 9.17) is 0 Å². The Bertz CT molecular complexity index is 640. The number of aromatic amines is 1. The molecule has 2 atom stereocenters. The summed E-state index contributed by atoms with van der Waals surface area (Å²) in [5, 5.41) is 4.51. The molecule has 5 heteroatoms. The van der Waals surface area contributed by atoms with Gasteiger partial charge in [0.25, 0.3) is 5.56 Å². The van der Waals surface area contributed by atoms with Crippen molar-refractivity contribution < 1.29 is 0 Å². The fourth-order valence-corrected chi connectivity index (χ4v) is 3.75. The fourth-order valence-electron chi connectivity index (χ4n) is 3.01. The van der Waals surface area contributed by atoms with E-state index in [1.807, 2.05) is 6.07 Å². The minimum atomic E-state index is 0.0102. The highest BCUT2D eigenvalue weighted by Gasteiger charge is 2.23. The predicted octanol–water partition coefficient (Wildman–Crippen LogP) is 2.49. The number of aromatic nitrogens is 2. The van der Waals surface area contributed by atoms with E-state index in [1.165, 1.54) is 12.8 Å². The topological polar surface area (TPSA) is 49.8 Å². The second kappa shape index (κ2) is 5.28. The lowest BCUT2D eigenvalue weighted by atomic mass is 9.92. The van der Waals surface area contributed by atoms with E-state index in [0.717, 1.165) is 27.6 Å². The van der Waals surface area contributed by atoms with Crippen molar-refractivity contribution in [3.05, 3.63) is 32.4 Å². The van der Waals surface area contributed by atoms with Gasteiger partial charge in [-0.15, -0.1) is 0 Å². The van der Waals surface area contributed by atoms with Gasteiger partial charge in [-0.2, -0.15) is 0 Å². The first kappa shape index (κ1) is 13.2. The Kier molecular flexibility index (Phi) is 3.66. The molecule has 3 rings (SSSR count). The number of rotatable bonds is 2. The summed E-state index contributed by atoms with van der Waals surface area (Å²) < 4.78 is 3.31. The van der Waals surface area contributed by atoms with Crippen molar-refractivity contribution in [2.45, 2.75) is 25.8 Å². The molecule has 19 heavy (non-hydrogen) atoms. The summed E-state index contributed by atoms with van der Waals surface area (Å²) in [6.07, 6.45) is 6.29. The minimum absolute atomic E-state index is 0.0102. The summed E-state index contributed by atoms with van der Waals surface area (Å²) in [5.41, 5.74) is 0.820. The number of piperidine rings is 1. The Labute approximate surface area is 125 Å². The summed E-state index contributed by atoms with van der Waals surface area (Å²) in [7, 11) is 0. The molecule has 102 valence electrons. The third kappa shape index (κ3) is 2.33. The maximum atomic E-state index is 12.1. The maximum absolute atomic E-state index is 12.1. The van der Waals surface area contributed by atoms with E-state index in [-0.39, 0.29) is 5.56 Å². The van der Waals surface area contributed by atoms with Crippen molar-refractivity contribution in [3.63, 3.8) is 0 Å². The molecule has 0 saturated carbocycles. The van der Waals surface area contributed by atoms with Crippen LogP contribution in [0.5, 0.6) is 0 Å². The number of nitrogens with zero attached hydrogens (tertiary/aromatic N) is 1. The molecule has 1 fully saturated rings. The van der Waals surface area contributed by atoms with Crippen molar-refractivity contribution in [3.8, 4) is 0 Å². The van der Waals surface area contributed by atoms with Crippen molar-refractivity contribution in [1.29, 1.82) is 0 Å². The standard InChI is InChI=1S/C14H18IN3O/c1-9(10-3-2-5-16-7-10)18-8-12(15)11-4-6-17-14(19)13(11)18/h4,6,8-10,16H,2-3,5,7H2,1H3,(H,17,19). The second-order valence-electron chi connectivity index (χ2n) is 5.30. The molecule has 3 heterocycles. The molecule has 2 aromatic heterocycles. The summed E-state index contributed by atoms with van der Waals surface area (Å²) >= 11 is 2.31. The Hall–Kier alpha value is -0.820. The van der Waals surface area contributed by atoms with E-state index >= 15 is 0 Å². The van der Waals surface area contributed by atoms with Gasteiger partial charge in [-0.25, -0.2) is 0 Å². The Morgan fingerprint density at radius 2 is 2.37 bits per heavy atom. The van der Waals surface area contributed by atoms with Gasteiger partial charge < -0.3 is 14.9 Å². The van der Waals surface area contributed by atoms with Crippen LogP contribution >= 0.6 is 22.6 Å². The van der Waals surface area contributed by atoms with E-state index < -0.39 is 0 Å². The maximum Gasteiger partial charge on any atom is 0.272 e. The van der Waals surface area contributed by atoms with Crippen LogP contribution in [-0.4, -0.2) is 22.6 Å². The van der Waals surface area contributed by atoms with Gasteiger partial charge in [-0.05, 0) is 67.4 Å². The first-order chi connectivity index (χ1) is 9.18. The summed E-state index contributed by atoms with van der Waals surface area (Å²) in [6.45, 7) is 4.38. The second-order valence-corrected chi connectivity index (χ2v) is 6.46. The monoisotopic (exact) mass is 371 g/mol. The smallest absolute Gasteiger partial charge is 0.272 e. The first-order valence-electron chi connectivity index (χ1n) is 6.77. The van der Waals surface area contributed by atoms with Crippen LogP contribution in [0.3, 0.4) is 0 Å². The molecule has 0 radical (unpaired) electrons. The molecule has 2 N–H and O–H groups in total. The minimum Gasteiger partial charge on any atom is -0.339 e. The van der Waals surface area contributed by atoms with Crippen molar-refractivity contribution in [2.75, 3.05) is 13.1 Å². The fraction of sp³-hybridized carbons (Fsp3) is 0.500. The van der Waals surface area contributed by atoms with Gasteiger partial charge >= 0.3 is 0 Å². The van der Waals surface area contributed by atoms with Crippen molar-refractivity contribution in [2.24, 2.45) is 5.92 Å². The molecule has 0 bridgehead atoms. The largest absolute Gasteiger partial charge is 0.339 e. The zero-order valence-electron chi connectivity index (χ0n) is 10.9. The van der Waals surface area contributed by atoms with E-state index in [9.17, 15) is 4.79 Å². The van der Waals surface area contributed by atoms with Crippen LogP contribution in [0.25, 0.3) is 10.9 Å². The number of pyridine rings is 1. The van der Waals surface area contributed by atoms with Crippen LogP contribution in [-0.2, 0) is 0 Å². The van der Waals surface area contributed by atoms with E-state index in [2.05, 4.69) is 50.6 Å². The van der Waals surface area contributed by atoms with Crippen LogP contribution in [0.2, 0.25) is 0 Å². The predicted molar refractivity (Wildman–Crippen MR) is 85.6 cm³/mol. The van der Waals surface area contributed by atoms with Crippen LogP contribution in [0, 0.1) is 9.49 Å². The molecular weight excluding hydrogens is 353 g/mol. The third-order valence-electron chi connectivity index (χ3n) is 4.16. The molecule has 1 saturated heterocycles. The van der Waals surface area contributed by atoms with Gasteiger partial charge in [0.1, 0.15) is 5.52 Å². The summed E-state index contributed by atoms with van der Waals surface area (Å²) in [5.74, 6) is 0.597. The van der Waals surface area contributed by atoms with Gasteiger partial charge in [-0.1, -0.05) is 0 Å². The average Bonchev–Trinajstić information content (AvgIpc) is 2.78. The highest BCUT2D eigenvalue weighted by molar-refractivity contribution is 14.1. The van der Waals surface area contributed by atoms with Crippen LogP contribution < -0.4 is 10.9 Å². The van der Waals surface area contributed by atoms with Gasteiger partial charge in [0.2, 0.25) is 0 Å². The van der Waals surface area contributed by atoms with Crippen LogP contribution in [0.15, 0.2) is 23.3 Å². The molecule has 2 aromatic rings. The lowest BCUT2D eigenvalue weighted by Crippen LogP contribution is -2.34. The Morgan fingerprint density at radius 1 is 1.53 bits per heavy atom. The normalized spacial score (nSPS) is 21.7. The zero-order chi connectivity index (χ0) is 13.4. The molecule has 0 amide bonds. The SMILES string of the molecule is CC(C1CCCNC1)n1cc(I)c2cc[nH]c(=O)c21. The summed E-state index contributed by atoms with van der Waals surface area (Å²) in [6, 6.07) is 2.34. The van der Waals surface area contributed by atoms with Gasteiger partial charge in [0.05, 0.1) is 0 Å². The third-order valence-corrected chi connectivity index (χ3v) is 5.02. The lowest BCUT2D eigenvalue weighted by molar-refractivity contribution is 0.284. The molecule has 1 aliphatic heterocycles. The Balaban J connectivity index is 2.07. The van der Waals surface area contributed by atoms with E-state index in [0.29, 0.717) is 12.0 Å². The quantitative estimate of drug-likeness (QED) is 0.798. The molecule has 1 aliphatic rings.